The minimum atomic E-state index is -0.567. The molecule has 2 heterocycles. The van der Waals surface area contributed by atoms with Gasteiger partial charge in [0.25, 0.3) is 11.7 Å². The molecule has 1 saturated heterocycles. The van der Waals surface area contributed by atoms with Crippen molar-refractivity contribution in [2.24, 2.45) is 5.92 Å². The second-order valence-corrected chi connectivity index (χ2v) is 5.26. The zero-order valence-corrected chi connectivity index (χ0v) is 12.3. The number of nitrogens with zero attached hydrogens (tertiary/aromatic N) is 3. The van der Waals surface area contributed by atoms with Crippen LogP contribution in [0.5, 0.6) is 0 Å². The van der Waals surface area contributed by atoms with Crippen LogP contribution in [-0.2, 0) is 9.59 Å². The molecule has 0 radical (unpaired) electrons. The molecule has 1 aromatic heterocycles. The molecule has 21 heavy (non-hydrogen) atoms. The summed E-state index contributed by atoms with van der Waals surface area (Å²) < 4.78 is 0. The summed E-state index contributed by atoms with van der Waals surface area (Å²) >= 11 is 0. The summed E-state index contributed by atoms with van der Waals surface area (Å²) in [7, 11) is 1.59. The number of likely N-dealkylation sites (N-methyl/N-ethyl adjacent to an activating group) is 1. The second kappa shape index (κ2) is 6.47. The number of pyridine rings is 1. The number of hydrogen-bond donors (Lipinski definition) is 0. The maximum atomic E-state index is 12.1. The van der Waals surface area contributed by atoms with Gasteiger partial charge in [0.1, 0.15) is 0 Å². The topological polar surface area (TPSA) is 70.6 Å². The highest BCUT2D eigenvalue weighted by Gasteiger charge is 2.31. The van der Waals surface area contributed by atoms with E-state index in [9.17, 15) is 14.4 Å². The van der Waals surface area contributed by atoms with Gasteiger partial charge < -0.3 is 9.80 Å². The molecule has 0 N–H and O–H groups in total. The van der Waals surface area contributed by atoms with Crippen LogP contribution < -0.4 is 0 Å². The minimum Gasteiger partial charge on any atom is -0.343 e. The highest BCUT2D eigenvalue weighted by atomic mass is 16.2. The first-order valence-corrected chi connectivity index (χ1v) is 7.00. The molecule has 0 spiro atoms. The standard InChI is InChI=1S/C15H19N3O3/c1-3-18-10-11(7-13(18)19)9-17(2)15(21)14(20)12-5-4-6-16-8-12/h4-6,8,11H,3,7,9-10H2,1-2H3/t11-/m0/s1. The Morgan fingerprint density at radius 3 is 2.81 bits per heavy atom. The van der Waals surface area contributed by atoms with Crippen LogP contribution in [0.1, 0.15) is 23.7 Å². The van der Waals surface area contributed by atoms with Crippen LogP contribution in [0, 0.1) is 5.92 Å². The van der Waals surface area contributed by atoms with Gasteiger partial charge in [-0.3, -0.25) is 19.4 Å². The number of carbonyl (C=O) groups excluding carboxylic acids is 3. The Morgan fingerprint density at radius 1 is 1.48 bits per heavy atom. The van der Waals surface area contributed by atoms with Crippen molar-refractivity contribution in [3.8, 4) is 0 Å². The molecule has 1 fully saturated rings. The number of ketones is 1. The number of Topliss-reactive ketones (excluding diaryl/α,β-unsaturated/α-hetero) is 1. The summed E-state index contributed by atoms with van der Waals surface area (Å²) in [5, 5.41) is 0. The Hall–Kier alpha value is -2.24. The van der Waals surface area contributed by atoms with E-state index in [1.54, 1.807) is 30.3 Å². The molecular formula is C15H19N3O3. The van der Waals surface area contributed by atoms with Crippen molar-refractivity contribution in [1.82, 2.24) is 14.8 Å². The smallest absolute Gasteiger partial charge is 0.294 e. The second-order valence-electron chi connectivity index (χ2n) is 5.26. The van der Waals surface area contributed by atoms with Gasteiger partial charge in [-0.25, -0.2) is 0 Å². The highest BCUT2D eigenvalue weighted by Crippen LogP contribution is 2.18. The Balaban J connectivity index is 1.95. The molecule has 2 rings (SSSR count). The lowest BCUT2D eigenvalue weighted by atomic mass is 10.1. The van der Waals surface area contributed by atoms with E-state index < -0.39 is 11.7 Å². The monoisotopic (exact) mass is 289 g/mol. The van der Waals surface area contributed by atoms with Crippen molar-refractivity contribution in [2.45, 2.75) is 13.3 Å². The number of rotatable bonds is 5. The number of amides is 2. The summed E-state index contributed by atoms with van der Waals surface area (Å²) in [6, 6.07) is 3.19. The Labute approximate surface area is 123 Å². The first kappa shape index (κ1) is 15.2. The van der Waals surface area contributed by atoms with Crippen molar-refractivity contribution in [3.05, 3.63) is 30.1 Å². The van der Waals surface area contributed by atoms with E-state index in [1.807, 2.05) is 6.92 Å². The molecule has 1 atom stereocenters. The summed E-state index contributed by atoms with van der Waals surface area (Å²) in [5.41, 5.74) is 0.284. The van der Waals surface area contributed by atoms with E-state index in [4.69, 9.17) is 0 Å². The predicted molar refractivity (Wildman–Crippen MR) is 76.6 cm³/mol. The fourth-order valence-electron chi connectivity index (χ4n) is 2.55. The average Bonchev–Trinajstić information content (AvgIpc) is 2.86. The summed E-state index contributed by atoms with van der Waals surface area (Å²) in [6.45, 7) is 3.67. The average molecular weight is 289 g/mol. The quantitative estimate of drug-likeness (QED) is 0.587. The molecule has 1 aliphatic heterocycles. The molecule has 1 aliphatic rings. The summed E-state index contributed by atoms with van der Waals surface area (Å²) in [5.74, 6) is -0.928. The first-order valence-electron chi connectivity index (χ1n) is 7.00. The van der Waals surface area contributed by atoms with Crippen LogP contribution in [0.3, 0.4) is 0 Å². The third-order valence-electron chi connectivity index (χ3n) is 3.67. The van der Waals surface area contributed by atoms with Crippen molar-refractivity contribution in [2.75, 3.05) is 26.7 Å². The van der Waals surface area contributed by atoms with Gasteiger partial charge in [-0.2, -0.15) is 0 Å². The van der Waals surface area contributed by atoms with Crippen LogP contribution in [0.15, 0.2) is 24.5 Å². The maximum Gasteiger partial charge on any atom is 0.294 e. The van der Waals surface area contributed by atoms with Gasteiger partial charge in [-0.1, -0.05) is 0 Å². The third kappa shape index (κ3) is 3.45. The van der Waals surface area contributed by atoms with Gasteiger partial charge in [0, 0.05) is 57.0 Å². The van der Waals surface area contributed by atoms with Crippen molar-refractivity contribution < 1.29 is 14.4 Å². The molecule has 0 aromatic carbocycles. The lowest BCUT2D eigenvalue weighted by molar-refractivity contribution is -0.128. The molecular weight excluding hydrogens is 270 g/mol. The largest absolute Gasteiger partial charge is 0.343 e. The van der Waals surface area contributed by atoms with E-state index in [-0.39, 0.29) is 17.4 Å². The zero-order chi connectivity index (χ0) is 15.4. The van der Waals surface area contributed by atoms with E-state index in [0.717, 1.165) is 0 Å². The van der Waals surface area contributed by atoms with E-state index in [2.05, 4.69) is 4.98 Å². The van der Waals surface area contributed by atoms with Crippen LogP contribution in [-0.4, -0.2) is 59.1 Å². The zero-order valence-electron chi connectivity index (χ0n) is 12.3. The van der Waals surface area contributed by atoms with E-state index in [0.29, 0.717) is 26.1 Å². The van der Waals surface area contributed by atoms with Crippen LogP contribution in [0.2, 0.25) is 0 Å². The first-order chi connectivity index (χ1) is 10.0. The molecule has 6 heteroatoms. The molecule has 6 nitrogen and oxygen atoms in total. The van der Waals surface area contributed by atoms with Crippen LogP contribution in [0.25, 0.3) is 0 Å². The molecule has 1 aromatic rings. The van der Waals surface area contributed by atoms with Crippen molar-refractivity contribution in [3.63, 3.8) is 0 Å². The lowest BCUT2D eigenvalue weighted by Crippen LogP contribution is -2.37. The lowest BCUT2D eigenvalue weighted by Gasteiger charge is -2.20. The molecule has 112 valence electrons. The normalized spacial score (nSPS) is 17.9. The van der Waals surface area contributed by atoms with Crippen LogP contribution in [0.4, 0.5) is 0 Å². The fraction of sp³-hybridized carbons (Fsp3) is 0.467. The van der Waals surface area contributed by atoms with Gasteiger partial charge in [0.15, 0.2) is 0 Å². The summed E-state index contributed by atoms with van der Waals surface area (Å²) in [4.78, 5) is 42.8. The van der Waals surface area contributed by atoms with Gasteiger partial charge >= 0.3 is 0 Å². The van der Waals surface area contributed by atoms with Gasteiger partial charge in [-0.15, -0.1) is 0 Å². The molecule has 2 amide bonds. The predicted octanol–water partition coefficient (Wildman–Crippen LogP) is 0.591. The number of aromatic nitrogens is 1. The van der Waals surface area contributed by atoms with E-state index >= 15 is 0 Å². The SMILES string of the molecule is CCN1C[C@H](CN(C)C(=O)C(=O)c2cccnc2)CC1=O. The molecule has 0 aliphatic carbocycles. The molecule has 0 saturated carbocycles. The Morgan fingerprint density at radius 2 is 2.24 bits per heavy atom. The maximum absolute atomic E-state index is 12.1. The van der Waals surface area contributed by atoms with Gasteiger partial charge in [0.05, 0.1) is 0 Å². The van der Waals surface area contributed by atoms with Crippen LogP contribution >= 0.6 is 0 Å². The Bertz CT molecular complexity index is 544. The number of hydrogen-bond acceptors (Lipinski definition) is 4. The highest BCUT2D eigenvalue weighted by molar-refractivity contribution is 6.42. The van der Waals surface area contributed by atoms with Crippen molar-refractivity contribution in [1.29, 1.82) is 0 Å². The number of carbonyl (C=O) groups is 3. The van der Waals surface area contributed by atoms with E-state index in [1.165, 1.54) is 11.1 Å². The fourth-order valence-corrected chi connectivity index (χ4v) is 2.55. The third-order valence-corrected chi connectivity index (χ3v) is 3.67. The summed E-state index contributed by atoms with van der Waals surface area (Å²) in [6.07, 6.45) is 3.37. The Kier molecular flexibility index (Phi) is 4.67. The van der Waals surface area contributed by atoms with Gasteiger partial charge in [0.2, 0.25) is 5.91 Å². The van der Waals surface area contributed by atoms with Gasteiger partial charge in [-0.05, 0) is 19.1 Å². The molecule has 0 bridgehead atoms. The molecule has 0 unspecified atom stereocenters. The van der Waals surface area contributed by atoms with Crippen molar-refractivity contribution >= 4 is 17.6 Å². The minimum absolute atomic E-state index is 0.0908. The number of likely N-dealkylation sites (tertiary alicyclic amines) is 1.